The van der Waals surface area contributed by atoms with Crippen LogP contribution in [0.5, 0.6) is 5.75 Å². The summed E-state index contributed by atoms with van der Waals surface area (Å²) < 4.78 is 33.3. The maximum Gasteiger partial charge on any atom is 0.265 e. The third-order valence-corrected chi connectivity index (χ3v) is 5.75. The highest BCUT2D eigenvalue weighted by Gasteiger charge is 2.43. The summed E-state index contributed by atoms with van der Waals surface area (Å²) >= 11 is 0. The Hall–Kier alpha value is -2.44. The first kappa shape index (κ1) is 19.3. The van der Waals surface area contributed by atoms with Crippen molar-refractivity contribution in [2.24, 2.45) is 0 Å². The van der Waals surface area contributed by atoms with E-state index < -0.39 is 10.1 Å². The lowest BCUT2D eigenvalue weighted by Crippen LogP contribution is -2.28. The zero-order chi connectivity index (χ0) is 19.7. The molecule has 0 bridgehead atoms. The molecule has 0 amide bonds. The summed E-state index contributed by atoms with van der Waals surface area (Å²) in [6, 6.07) is 15.2. The molecule has 0 aromatic heterocycles. The van der Waals surface area contributed by atoms with E-state index in [1.165, 1.54) is 0 Å². The van der Waals surface area contributed by atoms with Gasteiger partial charge in [0.25, 0.3) is 10.1 Å². The van der Waals surface area contributed by atoms with Crippen LogP contribution in [0.25, 0.3) is 6.08 Å². The van der Waals surface area contributed by atoms with Crippen LogP contribution >= 0.6 is 0 Å². The molecular formula is C21H24NO4S+. The molecule has 0 spiro atoms. The van der Waals surface area contributed by atoms with Crippen LogP contribution in [0.3, 0.4) is 0 Å². The van der Waals surface area contributed by atoms with Gasteiger partial charge in [0.15, 0.2) is 5.71 Å². The lowest BCUT2D eigenvalue weighted by atomic mass is 9.81. The lowest BCUT2D eigenvalue weighted by molar-refractivity contribution is -0.437. The first-order valence-corrected chi connectivity index (χ1v) is 10.5. The number of phenols is 1. The van der Waals surface area contributed by atoms with Gasteiger partial charge >= 0.3 is 0 Å². The molecule has 1 aliphatic rings. The summed E-state index contributed by atoms with van der Waals surface area (Å²) in [6.07, 6.45) is 4.16. The Balaban J connectivity index is 2.01. The number of aromatic hydroxyl groups is 1. The van der Waals surface area contributed by atoms with E-state index in [9.17, 15) is 13.5 Å². The molecular weight excluding hydrogens is 362 g/mol. The van der Waals surface area contributed by atoms with Gasteiger partial charge in [-0.15, -0.1) is 0 Å². The van der Waals surface area contributed by atoms with Crippen LogP contribution in [0.4, 0.5) is 5.69 Å². The van der Waals surface area contributed by atoms with Crippen LogP contribution in [-0.4, -0.2) is 40.7 Å². The van der Waals surface area contributed by atoms with Gasteiger partial charge in [-0.2, -0.15) is 13.0 Å². The third-order valence-electron chi connectivity index (χ3n) is 4.94. The fourth-order valence-electron chi connectivity index (χ4n) is 3.58. The van der Waals surface area contributed by atoms with Gasteiger partial charge in [0, 0.05) is 29.7 Å². The number of hydrogen-bond donors (Lipinski definition) is 2. The molecule has 1 heterocycles. The normalized spacial score (nSPS) is 16.1. The maximum absolute atomic E-state index is 11.1. The van der Waals surface area contributed by atoms with E-state index in [-0.39, 0.29) is 16.9 Å². The summed E-state index contributed by atoms with van der Waals surface area (Å²) in [5.41, 5.74) is 3.66. The van der Waals surface area contributed by atoms with Crippen molar-refractivity contribution in [3.63, 3.8) is 0 Å². The van der Waals surface area contributed by atoms with E-state index in [1.807, 2.05) is 42.5 Å². The van der Waals surface area contributed by atoms with Gasteiger partial charge in [-0.05, 0) is 26.0 Å². The molecule has 3 rings (SSSR count). The van der Waals surface area contributed by atoms with Gasteiger partial charge < -0.3 is 5.11 Å². The van der Waals surface area contributed by atoms with Crippen LogP contribution in [-0.2, 0) is 15.5 Å². The predicted octanol–water partition coefficient (Wildman–Crippen LogP) is 3.76. The fraction of sp³-hybridized carbons (Fsp3) is 0.286. The molecule has 0 unspecified atom stereocenters. The van der Waals surface area contributed by atoms with Crippen LogP contribution in [0.2, 0.25) is 0 Å². The van der Waals surface area contributed by atoms with Gasteiger partial charge in [0.2, 0.25) is 5.69 Å². The first-order valence-electron chi connectivity index (χ1n) is 8.86. The van der Waals surface area contributed by atoms with Crippen LogP contribution in [0.1, 0.15) is 31.4 Å². The van der Waals surface area contributed by atoms with Crippen molar-refractivity contribution < 1.29 is 22.7 Å². The number of nitrogens with zero attached hydrogens (tertiary/aromatic N) is 1. The van der Waals surface area contributed by atoms with Gasteiger partial charge in [0.1, 0.15) is 12.3 Å². The highest BCUT2D eigenvalue weighted by Crippen LogP contribution is 2.40. The molecule has 142 valence electrons. The van der Waals surface area contributed by atoms with E-state index in [2.05, 4.69) is 24.5 Å². The van der Waals surface area contributed by atoms with E-state index in [4.69, 9.17) is 4.55 Å². The van der Waals surface area contributed by atoms with Crippen LogP contribution < -0.4 is 0 Å². The van der Waals surface area contributed by atoms with Gasteiger partial charge in [-0.25, -0.2) is 0 Å². The average Bonchev–Trinajstić information content (AvgIpc) is 2.81. The highest BCUT2D eigenvalue weighted by molar-refractivity contribution is 7.85. The summed E-state index contributed by atoms with van der Waals surface area (Å²) in [5, 5.41) is 10.0. The molecule has 1 aliphatic heterocycles. The average molecular weight is 386 g/mol. The second-order valence-corrected chi connectivity index (χ2v) is 8.78. The van der Waals surface area contributed by atoms with E-state index in [0.717, 1.165) is 22.5 Å². The minimum atomic E-state index is -3.99. The molecule has 2 aromatic carbocycles. The Kier molecular flexibility index (Phi) is 5.22. The van der Waals surface area contributed by atoms with Gasteiger partial charge in [-0.1, -0.05) is 36.4 Å². The van der Waals surface area contributed by atoms with Crippen molar-refractivity contribution in [3.05, 3.63) is 65.7 Å². The third kappa shape index (κ3) is 4.12. The molecule has 0 aliphatic carbocycles. The van der Waals surface area contributed by atoms with Gasteiger partial charge in [-0.3, -0.25) is 4.55 Å². The summed E-state index contributed by atoms with van der Waals surface area (Å²) in [7, 11) is -3.99. The molecule has 27 heavy (non-hydrogen) atoms. The van der Waals surface area contributed by atoms with Crippen molar-refractivity contribution in [2.75, 3.05) is 12.3 Å². The second-order valence-electron chi connectivity index (χ2n) is 7.21. The van der Waals surface area contributed by atoms with E-state index in [1.54, 1.807) is 12.1 Å². The molecule has 2 aromatic rings. The topological polar surface area (TPSA) is 77.6 Å². The summed E-state index contributed by atoms with van der Waals surface area (Å²) in [5.74, 6) is -0.0664. The van der Waals surface area contributed by atoms with Crippen molar-refractivity contribution in [1.29, 1.82) is 0 Å². The minimum Gasteiger partial charge on any atom is -0.507 e. The highest BCUT2D eigenvalue weighted by atomic mass is 32.2. The Morgan fingerprint density at radius 1 is 1.04 bits per heavy atom. The van der Waals surface area contributed by atoms with Crippen molar-refractivity contribution in [2.45, 2.75) is 25.7 Å². The van der Waals surface area contributed by atoms with Crippen molar-refractivity contribution in [1.82, 2.24) is 0 Å². The Morgan fingerprint density at radius 3 is 2.41 bits per heavy atom. The maximum atomic E-state index is 11.1. The monoisotopic (exact) mass is 386 g/mol. The van der Waals surface area contributed by atoms with Crippen molar-refractivity contribution >= 4 is 27.6 Å². The van der Waals surface area contributed by atoms with E-state index in [0.29, 0.717) is 13.0 Å². The smallest absolute Gasteiger partial charge is 0.265 e. The zero-order valence-electron chi connectivity index (χ0n) is 15.5. The quantitative estimate of drug-likeness (QED) is 0.585. The zero-order valence-corrected chi connectivity index (χ0v) is 16.3. The second kappa shape index (κ2) is 7.29. The number of benzene rings is 2. The Labute approximate surface area is 160 Å². The van der Waals surface area contributed by atoms with Crippen LogP contribution in [0, 0.1) is 0 Å². The molecule has 2 N–H and O–H groups in total. The van der Waals surface area contributed by atoms with Crippen LogP contribution in [0.15, 0.2) is 54.6 Å². The van der Waals surface area contributed by atoms with E-state index >= 15 is 0 Å². The largest absolute Gasteiger partial charge is 0.507 e. The molecule has 0 radical (unpaired) electrons. The standard InChI is InChI=1S/C21H23NO4S/c1-21(2)17-9-4-5-10-18(17)22(14-7-15-27(24,25)26)20(21)13-12-16-8-3-6-11-19(16)23/h3-6,8-13H,7,14-15H2,1-2H3,(H,24,25,26)/p+1. The number of allylic oxidation sites excluding steroid dienone is 1. The molecule has 0 fully saturated rings. The Morgan fingerprint density at radius 2 is 1.70 bits per heavy atom. The number of phenolic OH excluding ortho intramolecular Hbond substituents is 1. The molecule has 0 atom stereocenters. The first-order chi connectivity index (χ1) is 12.7. The number of para-hydroxylation sites is 2. The number of hydrogen-bond acceptors (Lipinski definition) is 3. The number of fused-ring (bicyclic) bond motifs is 1. The molecule has 5 nitrogen and oxygen atoms in total. The number of rotatable bonds is 6. The SMILES string of the molecule is CC1(C)C(/C=C/c2ccccc2O)=[N+](CCCS(=O)(=O)O)c2ccccc21. The predicted molar refractivity (Wildman–Crippen MR) is 107 cm³/mol. The van der Waals surface area contributed by atoms with Crippen molar-refractivity contribution in [3.8, 4) is 5.75 Å². The van der Waals surface area contributed by atoms with Gasteiger partial charge in [0.05, 0.1) is 11.2 Å². The lowest BCUT2D eigenvalue weighted by Gasteiger charge is -2.15. The molecule has 6 heteroatoms. The molecule has 0 saturated carbocycles. The molecule has 0 saturated heterocycles. The Bertz CT molecular complexity index is 1020. The summed E-state index contributed by atoms with van der Waals surface area (Å²) in [6.45, 7) is 4.72. The minimum absolute atomic E-state index is 0.209. The fourth-order valence-corrected chi connectivity index (χ4v) is 4.08. The summed E-state index contributed by atoms with van der Waals surface area (Å²) in [4.78, 5) is 0.